The number of nitrogens with zero attached hydrogens (tertiary/aromatic N) is 3. The molecule has 1 aromatic heterocycles. The summed E-state index contributed by atoms with van der Waals surface area (Å²) < 4.78 is 1.67. The van der Waals surface area contributed by atoms with Crippen molar-refractivity contribution in [3.05, 3.63) is 47.2 Å². The molecule has 0 spiro atoms. The van der Waals surface area contributed by atoms with E-state index in [1.807, 2.05) is 44.3 Å². The van der Waals surface area contributed by atoms with Crippen LogP contribution < -0.4 is 5.32 Å². The van der Waals surface area contributed by atoms with E-state index in [9.17, 15) is 4.79 Å². The number of anilines is 1. The van der Waals surface area contributed by atoms with Crippen LogP contribution in [0.25, 0.3) is 0 Å². The van der Waals surface area contributed by atoms with Gasteiger partial charge in [0.25, 0.3) is 5.91 Å². The van der Waals surface area contributed by atoms with Crippen LogP contribution in [-0.4, -0.2) is 33.2 Å². The number of rotatable bonds is 6. The van der Waals surface area contributed by atoms with Crippen molar-refractivity contribution in [3.8, 4) is 0 Å². The van der Waals surface area contributed by atoms with Crippen LogP contribution in [0.15, 0.2) is 30.3 Å². The Kier molecular flexibility index (Phi) is 5.55. The van der Waals surface area contributed by atoms with Gasteiger partial charge in [-0.2, -0.15) is 5.10 Å². The highest BCUT2D eigenvalue weighted by Gasteiger charge is 2.11. The third kappa shape index (κ3) is 4.42. The zero-order valence-corrected chi connectivity index (χ0v) is 14.6. The minimum atomic E-state index is -0.115. The SMILES string of the molecule is CCN(Cc1ccc(C(=O)Nc2cc(C)nn2C)cc1)C(C)C. The van der Waals surface area contributed by atoms with Gasteiger partial charge < -0.3 is 5.32 Å². The highest BCUT2D eigenvalue weighted by Crippen LogP contribution is 2.13. The Labute approximate surface area is 138 Å². The fourth-order valence-electron chi connectivity index (χ4n) is 2.57. The van der Waals surface area contributed by atoms with Crippen LogP contribution >= 0.6 is 0 Å². The molecule has 0 fully saturated rings. The van der Waals surface area contributed by atoms with Crippen molar-refractivity contribution >= 4 is 11.7 Å². The zero-order chi connectivity index (χ0) is 17.0. The van der Waals surface area contributed by atoms with E-state index in [0.29, 0.717) is 17.4 Å². The number of amides is 1. The van der Waals surface area contributed by atoms with E-state index in [-0.39, 0.29) is 5.91 Å². The van der Waals surface area contributed by atoms with Gasteiger partial charge in [0.2, 0.25) is 0 Å². The fraction of sp³-hybridized carbons (Fsp3) is 0.444. The summed E-state index contributed by atoms with van der Waals surface area (Å²) in [6.45, 7) is 10.4. The number of hydrogen-bond acceptors (Lipinski definition) is 3. The lowest BCUT2D eigenvalue weighted by Gasteiger charge is -2.24. The van der Waals surface area contributed by atoms with E-state index < -0.39 is 0 Å². The summed E-state index contributed by atoms with van der Waals surface area (Å²) in [4.78, 5) is 14.7. The standard InChI is InChI=1S/C18H26N4O/c1-6-22(13(2)3)12-15-7-9-16(10-8-15)18(23)19-17-11-14(4)20-21(17)5/h7-11,13H,6,12H2,1-5H3,(H,19,23). The molecule has 23 heavy (non-hydrogen) atoms. The smallest absolute Gasteiger partial charge is 0.256 e. The molecule has 0 bridgehead atoms. The average Bonchev–Trinajstić information content (AvgIpc) is 2.82. The van der Waals surface area contributed by atoms with Gasteiger partial charge in [0.05, 0.1) is 5.69 Å². The lowest BCUT2D eigenvalue weighted by Crippen LogP contribution is -2.29. The Bertz CT molecular complexity index is 658. The predicted molar refractivity (Wildman–Crippen MR) is 93.6 cm³/mol. The summed E-state index contributed by atoms with van der Waals surface area (Å²) in [5, 5.41) is 7.11. The first-order valence-electron chi connectivity index (χ1n) is 8.05. The first-order valence-corrected chi connectivity index (χ1v) is 8.05. The monoisotopic (exact) mass is 314 g/mol. The van der Waals surface area contributed by atoms with Crippen LogP contribution in [0.4, 0.5) is 5.82 Å². The maximum absolute atomic E-state index is 12.3. The molecule has 0 unspecified atom stereocenters. The second-order valence-electron chi connectivity index (χ2n) is 6.10. The third-order valence-electron chi connectivity index (χ3n) is 3.98. The molecule has 0 aliphatic rings. The van der Waals surface area contributed by atoms with Crippen molar-refractivity contribution in [1.82, 2.24) is 14.7 Å². The Hall–Kier alpha value is -2.14. The Morgan fingerprint density at radius 2 is 1.96 bits per heavy atom. The van der Waals surface area contributed by atoms with Crippen LogP contribution in [0.1, 0.15) is 42.4 Å². The highest BCUT2D eigenvalue weighted by molar-refractivity contribution is 6.03. The molecule has 0 radical (unpaired) electrons. The van der Waals surface area contributed by atoms with Gasteiger partial charge in [0.1, 0.15) is 5.82 Å². The molecular formula is C18H26N4O. The quantitative estimate of drug-likeness (QED) is 0.890. The summed E-state index contributed by atoms with van der Waals surface area (Å²) in [5.41, 5.74) is 2.75. The number of benzene rings is 1. The molecule has 0 saturated heterocycles. The van der Waals surface area contributed by atoms with Crippen molar-refractivity contribution in [2.45, 2.75) is 40.3 Å². The molecule has 5 heteroatoms. The number of aromatic nitrogens is 2. The molecule has 0 aliphatic carbocycles. The normalized spacial score (nSPS) is 11.3. The van der Waals surface area contributed by atoms with E-state index in [0.717, 1.165) is 18.8 Å². The summed E-state index contributed by atoms with van der Waals surface area (Å²) in [6.07, 6.45) is 0. The van der Waals surface area contributed by atoms with Crippen molar-refractivity contribution in [2.75, 3.05) is 11.9 Å². The molecule has 5 nitrogen and oxygen atoms in total. The van der Waals surface area contributed by atoms with Gasteiger partial charge in [0.15, 0.2) is 0 Å². The summed E-state index contributed by atoms with van der Waals surface area (Å²) in [6, 6.07) is 10.2. The molecule has 124 valence electrons. The lowest BCUT2D eigenvalue weighted by molar-refractivity contribution is 0.102. The summed E-state index contributed by atoms with van der Waals surface area (Å²) >= 11 is 0. The zero-order valence-electron chi connectivity index (χ0n) is 14.6. The second kappa shape index (κ2) is 7.42. The average molecular weight is 314 g/mol. The minimum absolute atomic E-state index is 0.115. The molecule has 1 amide bonds. The summed E-state index contributed by atoms with van der Waals surface area (Å²) in [7, 11) is 1.82. The Balaban J connectivity index is 2.04. The van der Waals surface area contributed by atoms with E-state index in [4.69, 9.17) is 0 Å². The van der Waals surface area contributed by atoms with Crippen LogP contribution in [-0.2, 0) is 13.6 Å². The first kappa shape index (κ1) is 17.2. The number of hydrogen-bond donors (Lipinski definition) is 1. The van der Waals surface area contributed by atoms with Crippen LogP contribution in [0, 0.1) is 6.92 Å². The molecule has 2 rings (SSSR count). The van der Waals surface area contributed by atoms with Gasteiger partial charge in [-0.15, -0.1) is 0 Å². The fourth-order valence-corrected chi connectivity index (χ4v) is 2.57. The molecule has 2 aromatic rings. The summed E-state index contributed by atoms with van der Waals surface area (Å²) in [5.74, 6) is 0.587. The minimum Gasteiger partial charge on any atom is -0.307 e. The third-order valence-corrected chi connectivity index (χ3v) is 3.98. The van der Waals surface area contributed by atoms with Crippen LogP contribution in [0.3, 0.4) is 0 Å². The van der Waals surface area contributed by atoms with Crippen LogP contribution in [0.2, 0.25) is 0 Å². The topological polar surface area (TPSA) is 50.2 Å². The van der Waals surface area contributed by atoms with Crippen molar-refractivity contribution in [3.63, 3.8) is 0 Å². The van der Waals surface area contributed by atoms with Gasteiger partial charge in [0, 0.05) is 31.3 Å². The van der Waals surface area contributed by atoms with Gasteiger partial charge >= 0.3 is 0 Å². The molecular weight excluding hydrogens is 288 g/mol. The predicted octanol–water partition coefficient (Wildman–Crippen LogP) is 3.21. The first-order chi connectivity index (χ1) is 10.9. The van der Waals surface area contributed by atoms with E-state index in [2.05, 4.69) is 36.1 Å². The molecule has 1 N–H and O–H groups in total. The molecule has 0 atom stereocenters. The second-order valence-corrected chi connectivity index (χ2v) is 6.10. The highest BCUT2D eigenvalue weighted by atomic mass is 16.1. The maximum Gasteiger partial charge on any atom is 0.256 e. The molecule has 1 heterocycles. The van der Waals surface area contributed by atoms with Gasteiger partial charge in [-0.1, -0.05) is 19.1 Å². The Morgan fingerprint density at radius 3 is 2.43 bits per heavy atom. The lowest BCUT2D eigenvalue weighted by atomic mass is 10.1. The van der Waals surface area contributed by atoms with Crippen molar-refractivity contribution in [1.29, 1.82) is 0 Å². The van der Waals surface area contributed by atoms with Gasteiger partial charge in [-0.3, -0.25) is 14.4 Å². The maximum atomic E-state index is 12.3. The largest absolute Gasteiger partial charge is 0.307 e. The van der Waals surface area contributed by atoms with Gasteiger partial charge in [-0.05, 0) is 45.0 Å². The van der Waals surface area contributed by atoms with E-state index in [1.165, 1.54) is 5.56 Å². The van der Waals surface area contributed by atoms with Gasteiger partial charge in [-0.25, -0.2) is 0 Å². The number of aryl methyl sites for hydroxylation is 2. The molecule has 1 aromatic carbocycles. The molecule has 0 saturated carbocycles. The Morgan fingerprint density at radius 1 is 1.30 bits per heavy atom. The van der Waals surface area contributed by atoms with E-state index >= 15 is 0 Å². The van der Waals surface area contributed by atoms with Crippen molar-refractivity contribution < 1.29 is 4.79 Å². The van der Waals surface area contributed by atoms with Crippen molar-refractivity contribution in [2.24, 2.45) is 7.05 Å². The molecule has 0 aliphatic heterocycles. The number of carbonyl (C=O) groups is 1. The van der Waals surface area contributed by atoms with E-state index in [1.54, 1.807) is 4.68 Å². The number of carbonyl (C=O) groups excluding carboxylic acids is 1. The van der Waals surface area contributed by atoms with Crippen LogP contribution in [0.5, 0.6) is 0 Å². The number of nitrogens with one attached hydrogen (secondary N) is 1.